The number of primary amides is 1. The first-order chi connectivity index (χ1) is 6.20. The third-order valence-electron chi connectivity index (χ3n) is 2.19. The summed E-state index contributed by atoms with van der Waals surface area (Å²) in [6.07, 6.45) is 1.75. The molecular formula is C11H15NO. The average molecular weight is 177 g/mol. The Labute approximate surface area is 78.8 Å². The van der Waals surface area contributed by atoms with Gasteiger partial charge in [0.05, 0.1) is 0 Å². The zero-order valence-corrected chi connectivity index (χ0v) is 7.86. The van der Waals surface area contributed by atoms with E-state index in [0.717, 1.165) is 12.8 Å². The summed E-state index contributed by atoms with van der Waals surface area (Å²) in [6, 6.07) is 10.1. The molecule has 1 rings (SSSR count). The summed E-state index contributed by atoms with van der Waals surface area (Å²) in [7, 11) is 0. The van der Waals surface area contributed by atoms with Crippen molar-refractivity contribution in [2.45, 2.75) is 19.8 Å². The predicted molar refractivity (Wildman–Crippen MR) is 53.1 cm³/mol. The van der Waals surface area contributed by atoms with Gasteiger partial charge in [0, 0.05) is 5.92 Å². The van der Waals surface area contributed by atoms with Crippen molar-refractivity contribution in [1.82, 2.24) is 0 Å². The van der Waals surface area contributed by atoms with Gasteiger partial charge in [-0.25, -0.2) is 0 Å². The van der Waals surface area contributed by atoms with Crippen LogP contribution < -0.4 is 5.73 Å². The lowest BCUT2D eigenvalue weighted by Gasteiger charge is -2.06. The molecule has 13 heavy (non-hydrogen) atoms. The summed E-state index contributed by atoms with van der Waals surface area (Å²) < 4.78 is 0. The monoisotopic (exact) mass is 177 g/mol. The molecule has 0 aliphatic heterocycles. The van der Waals surface area contributed by atoms with Gasteiger partial charge < -0.3 is 5.73 Å². The number of carbonyl (C=O) groups is 1. The van der Waals surface area contributed by atoms with Crippen LogP contribution in [0.15, 0.2) is 30.3 Å². The molecular weight excluding hydrogens is 162 g/mol. The molecule has 0 aliphatic carbocycles. The predicted octanol–water partition coefficient (Wildman–Crippen LogP) is 1.74. The Bertz CT molecular complexity index is 269. The Morgan fingerprint density at radius 1 is 1.38 bits per heavy atom. The highest BCUT2D eigenvalue weighted by Crippen LogP contribution is 2.08. The van der Waals surface area contributed by atoms with Gasteiger partial charge in [-0.05, 0) is 18.4 Å². The maximum Gasteiger partial charge on any atom is 0.220 e. The van der Waals surface area contributed by atoms with Crippen LogP contribution in [0.25, 0.3) is 0 Å². The normalized spacial score (nSPS) is 12.4. The van der Waals surface area contributed by atoms with Crippen molar-refractivity contribution in [2.24, 2.45) is 11.7 Å². The fourth-order valence-corrected chi connectivity index (χ4v) is 1.17. The molecule has 70 valence electrons. The first kappa shape index (κ1) is 9.78. The lowest BCUT2D eigenvalue weighted by Crippen LogP contribution is -2.20. The third-order valence-corrected chi connectivity index (χ3v) is 2.19. The number of hydrogen-bond acceptors (Lipinski definition) is 1. The summed E-state index contributed by atoms with van der Waals surface area (Å²) in [5.41, 5.74) is 6.42. The number of aryl methyl sites for hydroxylation is 1. The molecule has 0 aromatic heterocycles. The van der Waals surface area contributed by atoms with E-state index < -0.39 is 0 Å². The standard InChI is InChI=1S/C11H15NO/c1-9(11(12)13)7-8-10-5-3-2-4-6-10/h2-6,9H,7-8H2,1H3,(H2,12,13). The maximum atomic E-state index is 10.7. The van der Waals surface area contributed by atoms with E-state index in [0.29, 0.717) is 0 Å². The van der Waals surface area contributed by atoms with E-state index in [1.165, 1.54) is 5.56 Å². The first-order valence-electron chi connectivity index (χ1n) is 4.53. The minimum absolute atomic E-state index is 0.0276. The molecule has 2 nitrogen and oxygen atoms in total. The van der Waals surface area contributed by atoms with Crippen molar-refractivity contribution >= 4 is 5.91 Å². The van der Waals surface area contributed by atoms with Crippen LogP contribution in [0, 0.1) is 5.92 Å². The molecule has 0 radical (unpaired) electrons. The summed E-state index contributed by atoms with van der Waals surface area (Å²) in [5.74, 6) is -0.240. The van der Waals surface area contributed by atoms with E-state index in [1.807, 2.05) is 25.1 Å². The summed E-state index contributed by atoms with van der Waals surface area (Å²) in [5, 5.41) is 0. The summed E-state index contributed by atoms with van der Waals surface area (Å²) in [6.45, 7) is 1.87. The Balaban J connectivity index is 2.39. The molecule has 0 spiro atoms. The number of nitrogens with two attached hydrogens (primary N) is 1. The molecule has 0 saturated carbocycles. The van der Waals surface area contributed by atoms with Crippen molar-refractivity contribution in [1.29, 1.82) is 0 Å². The quantitative estimate of drug-likeness (QED) is 0.748. The number of benzene rings is 1. The smallest absolute Gasteiger partial charge is 0.220 e. The van der Waals surface area contributed by atoms with Crippen LogP contribution in [0.5, 0.6) is 0 Å². The van der Waals surface area contributed by atoms with Gasteiger partial charge in [0.25, 0.3) is 0 Å². The van der Waals surface area contributed by atoms with Gasteiger partial charge in [0.15, 0.2) is 0 Å². The van der Waals surface area contributed by atoms with Crippen LogP contribution in [-0.4, -0.2) is 5.91 Å². The molecule has 0 saturated heterocycles. The molecule has 1 amide bonds. The Kier molecular flexibility index (Phi) is 3.50. The fourth-order valence-electron chi connectivity index (χ4n) is 1.17. The van der Waals surface area contributed by atoms with E-state index in [-0.39, 0.29) is 11.8 Å². The molecule has 0 fully saturated rings. The number of carbonyl (C=O) groups excluding carboxylic acids is 1. The minimum atomic E-state index is -0.212. The molecule has 2 N–H and O–H groups in total. The van der Waals surface area contributed by atoms with Crippen molar-refractivity contribution in [3.05, 3.63) is 35.9 Å². The van der Waals surface area contributed by atoms with E-state index >= 15 is 0 Å². The Morgan fingerprint density at radius 2 is 2.00 bits per heavy atom. The highest BCUT2D eigenvalue weighted by atomic mass is 16.1. The number of hydrogen-bond donors (Lipinski definition) is 1. The molecule has 0 heterocycles. The number of rotatable bonds is 4. The molecule has 0 bridgehead atoms. The van der Waals surface area contributed by atoms with Crippen LogP contribution in [0.3, 0.4) is 0 Å². The van der Waals surface area contributed by atoms with Crippen molar-refractivity contribution in [3.63, 3.8) is 0 Å². The van der Waals surface area contributed by atoms with Crippen LogP contribution >= 0.6 is 0 Å². The van der Waals surface area contributed by atoms with Gasteiger partial charge in [-0.3, -0.25) is 4.79 Å². The highest BCUT2D eigenvalue weighted by Gasteiger charge is 2.07. The van der Waals surface area contributed by atoms with E-state index in [2.05, 4.69) is 12.1 Å². The van der Waals surface area contributed by atoms with Crippen LogP contribution in [0.2, 0.25) is 0 Å². The molecule has 0 aliphatic rings. The lowest BCUT2D eigenvalue weighted by molar-refractivity contribution is -0.121. The largest absolute Gasteiger partial charge is 0.369 e. The van der Waals surface area contributed by atoms with Gasteiger partial charge >= 0.3 is 0 Å². The van der Waals surface area contributed by atoms with E-state index in [9.17, 15) is 4.79 Å². The van der Waals surface area contributed by atoms with Gasteiger partial charge in [-0.1, -0.05) is 37.3 Å². The fraction of sp³-hybridized carbons (Fsp3) is 0.364. The second-order valence-corrected chi connectivity index (χ2v) is 3.33. The molecule has 1 atom stereocenters. The van der Waals surface area contributed by atoms with Gasteiger partial charge in [-0.2, -0.15) is 0 Å². The molecule has 1 aromatic carbocycles. The van der Waals surface area contributed by atoms with Crippen molar-refractivity contribution in [2.75, 3.05) is 0 Å². The van der Waals surface area contributed by atoms with E-state index in [4.69, 9.17) is 5.73 Å². The van der Waals surface area contributed by atoms with Gasteiger partial charge in [0.1, 0.15) is 0 Å². The SMILES string of the molecule is CC(CCc1ccccc1)C(N)=O. The van der Waals surface area contributed by atoms with Crippen molar-refractivity contribution in [3.8, 4) is 0 Å². The zero-order chi connectivity index (χ0) is 9.68. The number of amides is 1. The second-order valence-electron chi connectivity index (χ2n) is 3.33. The lowest BCUT2D eigenvalue weighted by atomic mass is 10.0. The third kappa shape index (κ3) is 3.28. The van der Waals surface area contributed by atoms with Gasteiger partial charge in [0.2, 0.25) is 5.91 Å². The van der Waals surface area contributed by atoms with Crippen LogP contribution in [-0.2, 0) is 11.2 Å². The van der Waals surface area contributed by atoms with Crippen molar-refractivity contribution < 1.29 is 4.79 Å². The second kappa shape index (κ2) is 4.65. The zero-order valence-electron chi connectivity index (χ0n) is 7.86. The first-order valence-corrected chi connectivity index (χ1v) is 4.53. The van der Waals surface area contributed by atoms with E-state index in [1.54, 1.807) is 0 Å². The Hall–Kier alpha value is -1.31. The van der Waals surface area contributed by atoms with Crippen LogP contribution in [0.4, 0.5) is 0 Å². The maximum absolute atomic E-state index is 10.7. The highest BCUT2D eigenvalue weighted by molar-refractivity contribution is 5.76. The molecule has 2 heteroatoms. The molecule has 1 aromatic rings. The van der Waals surface area contributed by atoms with Gasteiger partial charge in [-0.15, -0.1) is 0 Å². The van der Waals surface area contributed by atoms with Crippen LogP contribution in [0.1, 0.15) is 18.9 Å². The minimum Gasteiger partial charge on any atom is -0.369 e. The summed E-state index contributed by atoms with van der Waals surface area (Å²) in [4.78, 5) is 10.7. The molecule has 1 unspecified atom stereocenters. The topological polar surface area (TPSA) is 43.1 Å². The summed E-state index contributed by atoms with van der Waals surface area (Å²) >= 11 is 0. The Morgan fingerprint density at radius 3 is 2.54 bits per heavy atom. The average Bonchev–Trinajstić information content (AvgIpc) is 2.15.